The quantitative estimate of drug-likeness (QED) is 0.738. The predicted octanol–water partition coefficient (Wildman–Crippen LogP) is 1.24. The Kier molecular flexibility index (Phi) is 7.16. The highest BCUT2D eigenvalue weighted by atomic mass is 35.5. The molecule has 0 saturated heterocycles. The molecule has 1 aromatic rings. The van der Waals surface area contributed by atoms with Gasteiger partial charge in [0.25, 0.3) is 0 Å². The first-order valence-electron chi connectivity index (χ1n) is 4.67. The molecule has 5 heteroatoms. The number of carbonyl (C=O) groups excluding carboxylic acids is 1. The van der Waals surface area contributed by atoms with E-state index in [2.05, 4.69) is 5.32 Å². The molecule has 1 aromatic carbocycles. The number of halogens is 1. The van der Waals surface area contributed by atoms with Crippen LogP contribution in [0, 0.1) is 0 Å². The molecule has 0 saturated carbocycles. The van der Waals surface area contributed by atoms with Crippen molar-refractivity contribution in [2.45, 2.75) is 19.0 Å². The highest BCUT2D eigenvalue weighted by Gasteiger charge is 2.10. The molecule has 0 aromatic heterocycles. The molecule has 0 aliphatic carbocycles. The summed E-state index contributed by atoms with van der Waals surface area (Å²) in [5.74, 6) is -0.979. The number of nitrogens with one attached hydrogen (secondary N) is 1. The van der Waals surface area contributed by atoms with Gasteiger partial charge in [-0.1, -0.05) is 30.3 Å². The minimum Gasteiger partial charge on any atom is -0.481 e. The molecule has 1 atom stereocenters. The summed E-state index contributed by atoms with van der Waals surface area (Å²) in [6.07, 6.45) is 0.438. The zero-order valence-corrected chi connectivity index (χ0v) is 9.44. The van der Waals surface area contributed by atoms with E-state index in [0.717, 1.165) is 5.56 Å². The Labute approximate surface area is 100 Å². The number of carboxylic acid groups (broad SMARTS) is 1. The van der Waals surface area contributed by atoms with Crippen molar-refractivity contribution in [3.05, 3.63) is 35.9 Å². The first-order chi connectivity index (χ1) is 7.22. The molecule has 0 heterocycles. The van der Waals surface area contributed by atoms with Crippen LogP contribution in [0.3, 0.4) is 0 Å². The molecular formula is C11H14ClNO3. The van der Waals surface area contributed by atoms with Crippen LogP contribution >= 0.6 is 12.4 Å². The van der Waals surface area contributed by atoms with E-state index in [-0.39, 0.29) is 18.8 Å². The van der Waals surface area contributed by atoms with Gasteiger partial charge in [-0.25, -0.2) is 0 Å². The number of carbonyl (C=O) groups is 2. The first-order valence-corrected chi connectivity index (χ1v) is 4.67. The molecule has 0 spiro atoms. The van der Waals surface area contributed by atoms with Crippen LogP contribution in [0.4, 0.5) is 0 Å². The van der Waals surface area contributed by atoms with Crippen LogP contribution < -0.4 is 5.32 Å². The second-order valence-corrected chi connectivity index (χ2v) is 3.21. The number of hydrogen-bond donors (Lipinski definition) is 2. The first kappa shape index (κ1) is 14.6. The summed E-state index contributed by atoms with van der Waals surface area (Å²) in [4.78, 5) is 20.9. The standard InChI is InChI=1S/C11H13NO3.ClH/c13-8-10(6-11(14)15)12-7-9-4-2-1-3-5-9;/h1-5,8,10,12H,6-7H2,(H,14,15);1H. The van der Waals surface area contributed by atoms with E-state index in [9.17, 15) is 9.59 Å². The Morgan fingerprint density at radius 2 is 2.00 bits per heavy atom. The lowest BCUT2D eigenvalue weighted by atomic mass is 10.2. The lowest BCUT2D eigenvalue weighted by molar-refractivity contribution is -0.138. The molecule has 16 heavy (non-hydrogen) atoms. The maximum Gasteiger partial charge on any atom is 0.305 e. The Morgan fingerprint density at radius 3 is 2.50 bits per heavy atom. The SMILES string of the molecule is Cl.O=CC(CC(=O)O)NCc1ccccc1. The van der Waals surface area contributed by atoms with E-state index in [0.29, 0.717) is 12.8 Å². The van der Waals surface area contributed by atoms with Crippen molar-refractivity contribution >= 4 is 24.7 Å². The summed E-state index contributed by atoms with van der Waals surface area (Å²) in [6, 6.07) is 8.89. The lowest BCUT2D eigenvalue weighted by Gasteiger charge is -2.09. The maximum absolute atomic E-state index is 10.5. The van der Waals surface area contributed by atoms with Gasteiger partial charge in [-0.15, -0.1) is 12.4 Å². The van der Waals surface area contributed by atoms with Crippen LogP contribution in [0.5, 0.6) is 0 Å². The minimum atomic E-state index is -0.979. The number of benzene rings is 1. The molecule has 4 nitrogen and oxygen atoms in total. The molecule has 0 aliphatic rings. The monoisotopic (exact) mass is 243 g/mol. The molecule has 88 valence electrons. The van der Waals surface area contributed by atoms with E-state index in [4.69, 9.17) is 5.11 Å². The van der Waals surface area contributed by atoms with Gasteiger partial charge >= 0.3 is 5.97 Å². The molecule has 2 N–H and O–H groups in total. The Bertz CT molecular complexity index is 329. The van der Waals surface area contributed by atoms with Gasteiger partial charge in [0.15, 0.2) is 0 Å². The van der Waals surface area contributed by atoms with Gasteiger partial charge in [0, 0.05) is 6.54 Å². The molecule has 0 fully saturated rings. The van der Waals surface area contributed by atoms with Gasteiger partial charge in [0.1, 0.15) is 6.29 Å². The largest absolute Gasteiger partial charge is 0.481 e. The van der Waals surface area contributed by atoms with Crippen LogP contribution in [0.25, 0.3) is 0 Å². The average Bonchev–Trinajstić information content (AvgIpc) is 2.25. The van der Waals surface area contributed by atoms with E-state index in [1.165, 1.54) is 0 Å². The summed E-state index contributed by atoms with van der Waals surface area (Å²) in [5.41, 5.74) is 1.02. The van der Waals surface area contributed by atoms with E-state index < -0.39 is 12.0 Å². The lowest BCUT2D eigenvalue weighted by Crippen LogP contribution is -2.32. The summed E-state index contributed by atoms with van der Waals surface area (Å²) < 4.78 is 0. The third kappa shape index (κ3) is 5.48. The smallest absolute Gasteiger partial charge is 0.305 e. The van der Waals surface area contributed by atoms with E-state index >= 15 is 0 Å². The zero-order chi connectivity index (χ0) is 11.1. The van der Waals surface area contributed by atoms with Crippen molar-refractivity contribution in [1.82, 2.24) is 5.32 Å². The number of aldehydes is 1. The van der Waals surface area contributed by atoms with Gasteiger partial charge in [-0.3, -0.25) is 4.79 Å². The minimum absolute atomic E-state index is 0. The van der Waals surface area contributed by atoms with Crippen molar-refractivity contribution < 1.29 is 14.7 Å². The molecule has 0 radical (unpaired) electrons. The number of hydrogen-bond acceptors (Lipinski definition) is 3. The fourth-order valence-electron chi connectivity index (χ4n) is 1.20. The van der Waals surface area contributed by atoms with Crippen LogP contribution in [-0.2, 0) is 16.1 Å². The van der Waals surface area contributed by atoms with Gasteiger partial charge in [0.05, 0.1) is 12.5 Å². The van der Waals surface area contributed by atoms with Gasteiger partial charge in [0.2, 0.25) is 0 Å². The number of aliphatic carboxylic acids is 1. The topological polar surface area (TPSA) is 66.4 Å². The van der Waals surface area contributed by atoms with E-state index in [1.54, 1.807) is 0 Å². The van der Waals surface area contributed by atoms with Crippen molar-refractivity contribution in [1.29, 1.82) is 0 Å². The molecular weight excluding hydrogens is 230 g/mol. The average molecular weight is 244 g/mol. The molecule has 0 amide bonds. The summed E-state index contributed by atoms with van der Waals surface area (Å²) in [7, 11) is 0. The van der Waals surface area contributed by atoms with Crippen LogP contribution in [0.15, 0.2) is 30.3 Å². The van der Waals surface area contributed by atoms with Gasteiger partial charge in [-0.2, -0.15) is 0 Å². The summed E-state index contributed by atoms with van der Waals surface area (Å²) in [5, 5.41) is 11.4. The molecule has 1 rings (SSSR count). The zero-order valence-electron chi connectivity index (χ0n) is 8.63. The Morgan fingerprint density at radius 1 is 1.38 bits per heavy atom. The fourth-order valence-corrected chi connectivity index (χ4v) is 1.20. The molecule has 1 unspecified atom stereocenters. The second-order valence-electron chi connectivity index (χ2n) is 3.21. The van der Waals surface area contributed by atoms with Crippen LogP contribution in [-0.4, -0.2) is 23.4 Å². The third-order valence-corrected chi connectivity index (χ3v) is 1.97. The van der Waals surface area contributed by atoms with Crippen molar-refractivity contribution in [3.8, 4) is 0 Å². The van der Waals surface area contributed by atoms with Crippen LogP contribution in [0.2, 0.25) is 0 Å². The number of rotatable bonds is 6. The van der Waals surface area contributed by atoms with Gasteiger partial charge < -0.3 is 15.2 Å². The normalized spacial score (nSPS) is 11.2. The Hall–Kier alpha value is -1.39. The van der Waals surface area contributed by atoms with Crippen molar-refractivity contribution in [2.75, 3.05) is 0 Å². The predicted molar refractivity (Wildman–Crippen MR) is 62.6 cm³/mol. The molecule has 0 bridgehead atoms. The third-order valence-electron chi connectivity index (χ3n) is 1.97. The van der Waals surface area contributed by atoms with Crippen LogP contribution in [0.1, 0.15) is 12.0 Å². The highest BCUT2D eigenvalue weighted by Crippen LogP contribution is 1.98. The maximum atomic E-state index is 10.5. The number of carboxylic acids is 1. The van der Waals surface area contributed by atoms with Crippen molar-refractivity contribution in [2.24, 2.45) is 0 Å². The molecule has 0 aliphatic heterocycles. The van der Waals surface area contributed by atoms with E-state index in [1.807, 2.05) is 30.3 Å². The fraction of sp³-hybridized carbons (Fsp3) is 0.273. The van der Waals surface area contributed by atoms with Crippen molar-refractivity contribution in [3.63, 3.8) is 0 Å². The highest BCUT2D eigenvalue weighted by molar-refractivity contribution is 5.85. The summed E-state index contributed by atoms with van der Waals surface area (Å²) >= 11 is 0. The second kappa shape index (κ2) is 7.84. The summed E-state index contributed by atoms with van der Waals surface area (Å²) in [6.45, 7) is 0.498. The van der Waals surface area contributed by atoms with Gasteiger partial charge in [-0.05, 0) is 5.56 Å². The Balaban J connectivity index is 0.00000225.